The van der Waals surface area contributed by atoms with Gasteiger partial charge in [0.1, 0.15) is 11.9 Å². The van der Waals surface area contributed by atoms with Crippen LogP contribution in [0.15, 0.2) is 18.2 Å². The zero-order valence-corrected chi connectivity index (χ0v) is 20.5. The van der Waals surface area contributed by atoms with Crippen LogP contribution < -0.4 is 4.74 Å². The maximum absolute atomic E-state index is 13.5. The summed E-state index contributed by atoms with van der Waals surface area (Å²) in [7, 11) is 0. The minimum atomic E-state index is -0.00321. The molecule has 0 radical (unpaired) electrons. The molecule has 3 saturated heterocycles. The molecule has 2 amide bonds. The molecule has 5 aliphatic rings. The number of aromatic nitrogens is 3. The van der Waals surface area contributed by atoms with Crippen LogP contribution >= 0.6 is 0 Å². The zero-order valence-electron chi connectivity index (χ0n) is 20.5. The molecular formula is C27H33N5O4. The quantitative estimate of drug-likeness (QED) is 0.688. The molecule has 36 heavy (non-hydrogen) atoms. The summed E-state index contributed by atoms with van der Waals surface area (Å²) in [6, 6.07) is 5.97. The molecule has 4 heterocycles. The summed E-state index contributed by atoms with van der Waals surface area (Å²) in [5.74, 6) is 2.47. The first-order chi connectivity index (χ1) is 17.6. The number of fused-ring (bicyclic) bond motifs is 2. The van der Waals surface area contributed by atoms with Crippen molar-refractivity contribution in [3.8, 4) is 5.75 Å². The molecule has 2 aromatic rings. The van der Waals surface area contributed by atoms with E-state index in [1.54, 1.807) is 0 Å². The molecule has 2 aliphatic carbocycles. The summed E-state index contributed by atoms with van der Waals surface area (Å²) < 4.78 is 11.7. The summed E-state index contributed by atoms with van der Waals surface area (Å²) in [6.45, 7) is 4.34. The van der Waals surface area contributed by atoms with Crippen molar-refractivity contribution in [2.75, 3.05) is 39.4 Å². The van der Waals surface area contributed by atoms with E-state index in [-0.39, 0.29) is 23.8 Å². The molecule has 1 N–H and O–H groups in total. The molecule has 190 valence electrons. The van der Waals surface area contributed by atoms with Crippen LogP contribution in [0, 0.1) is 17.8 Å². The lowest BCUT2D eigenvalue weighted by Crippen LogP contribution is -2.40. The third kappa shape index (κ3) is 4.07. The van der Waals surface area contributed by atoms with Crippen LogP contribution in [-0.4, -0.2) is 82.5 Å². The van der Waals surface area contributed by atoms with Crippen molar-refractivity contribution in [3.63, 3.8) is 0 Å². The molecule has 4 fully saturated rings. The van der Waals surface area contributed by atoms with Crippen LogP contribution in [0.25, 0.3) is 0 Å². The number of nitrogens with one attached hydrogen (secondary N) is 1. The maximum atomic E-state index is 13.5. The molecular weight excluding hydrogens is 458 g/mol. The highest BCUT2D eigenvalue weighted by Crippen LogP contribution is 2.45. The van der Waals surface area contributed by atoms with Gasteiger partial charge in [-0.25, -0.2) is 0 Å². The monoisotopic (exact) mass is 491 g/mol. The summed E-state index contributed by atoms with van der Waals surface area (Å²) in [6.07, 6.45) is 5.68. The Bertz CT molecular complexity index is 1160. The molecule has 2 unspecified atom stereocenters. The predicted octanol–water partition coefficient (Wildman–Crippen LogP) is 2.19. The Balaban J connectivity index is 0.985. The van der Waals surface area contributed by atoms with Crippen LogP contribution in [0.1, 0.15) is 58.9 Å². The number of hydrogen-bond acceptors (Lipinski definition) is 6. The van der Waals surface area contributed by atoms with E-state index in [9.17, 15) is 9.59 Å². The highest BCUT2D eigenvalue weighted by atomic mass is 16.5. The Morgan fingerprint density at radius 3 is 2.50 bits per heavy atom. The number of ether oxygens (including phenoxy) is 2. The van der Waals surface area contributed by atoms with Crippen LogP contribution in [0.2, 0.25) is 0 Å². The Morgan fingerprint density at radius 2 is 1.75 bits per heavy atom. The smallest absolute Gasteiger partial charge is 0.253 e. The Morgan fingerprint density at radius 1 is 0.972 bits per heavy atom. The minimum absolute atomic E-state index is 0.00321. The van der Waals surface area contributed by atoms with Gasteiger partial charge in [0.25, 0.3) is 5.91 Å². The van der Waals surface area contributed by atoms with Gasteiger partial charge < -0.3 is 19.3 Å². The Hall–Kier alpha value is -2.94. The van der Waals surface area contributed by atoms with Crippen LogP contribution in [0.5, 0.6) is 5.75 Å². The molecule has 1 aromatic heterocycles. The Labute approximate surface area is 210 Å². The van der Waals surface area contributed by atoms with Gasteiger partial charge >= 0.3 is 0 Å². The lowest BCUT2D eigenvalue weighted by Gasteiger charge is -2.27. The maximum Gasteiger partial charge on any atom is 0.253 e. The molecule has 1 saturated carbocycles. The van der Waals surface area contributed by atoms with Crippen LogP contribution in [0.4, 0.5) is 0 Å². The van der Waals surface area contributed by atoms with Crippen molar-refractivity contribution in [3.05, 3.63) is 40.7 Å². The first-order valence-electron chi connectivity index (χ1n) is 13.5. The first kappa shape index (κ1) is 22.3. The van der Waals surface area contributed by atoms with Crippen molar-refractivity contribution in [2.24, 2.45) is 17.8 Å². The fourth-order valence-corrected chi connectivity index (χ4v) is 6.56. The molecule has 9 heteroatoms. The van der Waals surface area contributed by atoms with E-state index >= 15 is 0 Å². The van der Waals surface area contributed by atoms with Crippen molar-refractivity contribution < 1.29 is 19.1 Å². The molecule has 1 aromatic carbocycles. The van der Waals surface area contributed by atoms with E-state index in [0.717, 1.165) is 87.6 Å². The number of H-pyrrole nitrogens is 1. The van der Waals surface area contributed by atoms with E-state index < -0.39 is 0 Å². The number of rotatable bonds is 5. The highest BCUT2D eigenvalue weighted by Gasteiger charge is 2.44. The van der Waals surface area contributed by atoms with Gasteiger partial charge in [0.05, 0.1) is 24.6 Å². The topological polar surface area (TPSA) is 101 Å². The SMILES string of the molecule is O=C(c1ccc(OC2CCOC2)c(C2CC2)c1)N1CC2CN(C(=O)[C@@H]3CCc4n[nH]nc4C3)C[C@H]2C1. The molecule has 4 atom stereocenters. The summed E-state index contributed by atoms with van der Waals surface area (Å²) in [5.41, 5.74) is 3.87. The third-order valence-electron chi connectivity index (χ3n) is 8.76. The van der Waals surface area contributed by atoms with Crippen LogP contribution in [0.3, 0.4) is 0 Å². The predicted molar refractivity (Wildman–Crippen MR) is 130 cm³/mol. The van der Waals surface area contributed by atoms with Gasteiger partial charge in [0, 0.05) is 62.3 Å². The first-order valence-corrected chi connectivity index (χ1v) is 13.5. The van der Waals surface area contributed by atoms with Gasteiger partial charge in [-0.3, -0.25) is 9.59 Å². The number of amides is 2. The average Bonchev–Trinajstić information content (AvgIpc) is 3.27. The second-order valence-corrected chi connectivity index (χ2v) is 11.3. The number of aryl methyl sites for hydroxylation is 1. The van der Waals surface area contributed by atoms with Crippen LogP contribution in [-0.2, 0) is 22.4 Å². The third-order valence-corrected chi connectivity index (χ3v) is 8.76. The summed E-state index contributed by atoms with van der Waals surface area (Å²) in [4.78, 5) is 30.7. The highest BCUT2D eigenvalue weighted by molar-refractivity contribution is 5.95. The zero-order chi connectivity index (χ0) is 24.2. The normalized spacial score (nSPS) is 29.3. The average molecular weight is 492 g/mol. The van der Waals surface area contributed by atoms with Gasteiger partial charge in [0.15, 0.2) is 0 Å². The van der Waals surface area contributed by atoms with Gasteiger partial charge in [-0.15, -0.1) is 0 Å². The van der Waals surface area contributed by atoms with Crippen molar-refractivity contribution in [2.45, 2.75) is 50.5 Å². The van der Waals surface area contributed by atoms with Gasteiger partial charge in [-0.05, 0) is 55.4 Å². The second-order valence-electron chi connectivity index (χ2n) is 11.3. The lowest BCUT2D eigenvalue weighted by atomic mass is 9.89. The molecule has 7 rings (SSSR count). The number of aromatic amines is 1. The lowest BCUT2D eigenvalue weighted by molar-refractivity contribution is -0.135. The van der Waals surface area contributed by atoms with Crippen molar-refractivity contribution in [1.82, 2.24) is 25.2 Å². The van der Waals surface area contributed by atoms with Crippen molar-refractivity contribution >= 4 is 11.8 Å². The number of likely N-dealkylation sites (tertiary alicyclic amines) is 2. The molecule has 3 aliphatic heterocycles. The largest absolute Gasteiger partial charge is 0.488 e. The minimum Gasteiger partial charge on any atom is -0.488 e. The van der Waals surface area contributed by atoms with E-state index in [0.29, 0.717) is 30.8 Å². The number of carbonyl (C=O) groups excluding carboxylic acids is 2. The summed E-state index contributed by atoms with van der Waals surface area (Å²) >= 11 is 0. The van der Waals surface area contributed by atoms with E-state index in [1.165, 1.54) is 5.56 Å². The number of hydrogen-bond donors (Lipinski definition) is 1. The van der Waals surface area contributed by atoms with Gasteiger partial charge in [0.2, 0.25) is 5.91 Å². The fraction of sp³-hybridized carbons (Fsp3) is 0.630. The van der Waals surface area contributed by atoms with E-state index in [1.807, 2.05) is 21.9 Å². The number of carbonyl (C=O) groups is 2. The van der Waals surface area contributed by atoms with E-state index in [4.69, 9.17) is 9.47 Å². The molecule has 9 nitrogen and oxygen atoms in total. The summed E-state index contributed by atoms with van der Waals surface area (Å²) in [5, 5.41) is 11.1. The van der Waals surface area contributed by atoms with E-state index in [2.05, 4.69) is 21.5 Å². The number of benzene rings is 1. The number of nitrogens with zero attached hydrogens (tertiary/aromatic N) is 4. The second kappa shape index (κ2) is 8.87. The van der Waals surface area contributed by atoms with Crippen molar-refractivity contribution in [1.29, 1.82) is 0 Å². The van der Waals surface area contributed by atoms with Gasteiger partial charge in [-0.2, -0.15) is 15.4 Å². The van der Waals surface area contributed by atoms with Gasteiger partial charge in [-0.1, -0.05) is 0 Å². The fourth-order valence-electron chi connectivity index (χ4n) is 6.56. The molecule has 0 spiro atoms. The standard InChI is InChI=1S/C27H33N5O4/c33-26(17-4-6-25(22(9-17)16-1-2-16)36-21-7-8-35-15-21)31-11-19-13-32(14-20(19)12-31)27(34)18-3-5-23-24(10-18)29-30-28-23/h4,6,9,16,18-21H,1-3,5,7-8,10-15H2,(H,28,29,30)/t18-,19-,20?,21?/m1/s1. The Kier molecular flexibility index (Phi) is 5.49. The molecule has 0 bridgehead atoms.